The number of carboxylic acids is 1. The maximum Gasteiger partial charge on any atom is 0.338 e. The Bertz CT molecular complexity index is 654. The van der Waals surface area contributed by atoms with Gasteiger partial charge in [0.2, 0.25) is 0 Å². The Morgan fingerprint density at radius 2 is 2.16 bits per heavy atom. The van der Waals surface area contributed by atoms with Gasteiger partial charge in [-0.2, -0.15) is 0 Å². The minimum absolute atomic E-state index is 0.0656. The number of amides is 1. The van der Waals surface area contributed by atoms with Crippen LogP contribution in [0, 0.1) is 6.92 Å². The standard InChI is InChI=1S/C12H9ClN2O3S/c1-6-5-8(12(17)18)11(19-6)15-10(16)7-3-2-4-14-9(7)13/h2-5H,1H3,(H,15,16)(H,17,18). The molecule has 7 heteroatoms. The van der Waals surface area contributed by atoms with Gasteiger partial charge in [-0.05, 0) is 25.1 Å². The number of nitrogens with one attached hydrogen (secondary N) is 1. The molecule has 2 aromatic rings. The number of nitrogens with zero attached hydrogens (tertiary/aromatic N) is 1. The van der Waals surface area contributed by atoms with E-state index in [1.54, 1.807) is 13.0 Å². The largest absolute Gasteiger partial charge is 0.478 e. The normalized spacial score (nSPS) is 10.2. The van der Waals surface area contributed by atoms with E-state index < -0.39 is 11.9 Å². The number of aromatic nitrogens is 1. The number of aryl methyl sites for hydroxylation is 1. The summed E-state index contributed by atoms with van der Waals surface area (Å²) in [7, 11) is 0. The van der Waals surface area contributed by atoms with Crippen LogP contribution in [0.25, 0.3) is 0 Å². The van der Waals surface area contributed by atoms with Gasteiger partial charge in [-0.1, -0.05) is 11.6 Å². The van der Waals surface area contributed by atoms with Crippen LogP contribution in [0.4, 0.5) is 5.00 Å². The van der Waals surface area contributed by atoms with E-state index in [1.807, 2.05) is 0 Å². The fourth-order valence-electron chi connectivity index (χ4n) is 1.49. The summed E-state index contributed by atoms with van der Waals surface area (Å²) in [5.41, 5.74) is 0.266. The minimum Gasteiger partial charge on any atom is -0.478 e. The Labute approximate surface area is 117 Å². The van der Waals surface area contributed by atoms with Gasteiger partial charge in [-0.15, -0.1) is 11.3 Å². The Kier molecular flexibility index (Phi) is 3.82. The van der Waals surface area contributed by atoms with E-state index in [2.05, 4.69) is 10.3 Å². The predicted octanol–water partition coefficient (Wildman–Crippen LogP) is 3.06. The second-order valence-electron chi connectivity index (χ2n) is 3.70. The molecule has 2 heterocycles. The van der Waals surface area contributed by atoms with Gasteiger partial charge in [0.15, 0.2) is 0 Å². The third-order valence-corrected chi connectivity index (χ3v) is 3.58. The topological polar surface area (TPSA) is 79.3 Å². The molecule has 1 amide bonds. The van der Waals surface area contributed by atoms with Crippen molar-refractivity contribution in [3.8, 4) is 0 Å². The second-order valence-corrected chi connectivity index (χ2v) is 5.32. The van der Waals surface area contributed by atoms with Gasteiger partial charge in [0, 0.05) is 11.1 Å². The molecule has 0 saturated carbocycles. The molecule has 0 atom stereocenters. The van der Waals surface area contributed by atoms with Gasteiger partial charge >= 0.3 is 5.97 Å². The highest BCUT2D eigenvalue weighted by Crippen LogP contribution is 2.28. The molecule has 0 unspecified atom stereocenters. The lowest BCUT2D eigenvalue weighted by Crippen LogP contribution is -2.14. The number of carbonyl (C=O) groups is 2. The first-order valence-corrected chi connectivity index (χ1v) is 6.44. The first kappa shape index (κ1) is 13.5. The van der Waals surface area contributed by atoms with E-state index in [1.165, 1.54) is 29.7 Å². The van der Waals surface area contributed by atoms with E-state index in [0.29, 0.717) is 0 Å². The number of carbonyl (C=O) groups excluding carboxylic acids is 1. The van der Waals surface area contributed by atoms with Crippen LogP contribution in [0.3, 0.4) is 0 Å². The molecule has 0 aliphatic carbocycles. The fourth-order valence-corrected chi connectivity index (χ4v) is 2.60. The summed E-state index contributed by atoms with van der Waals surface area (Å²) in [4.78, 5) is 27.6. The molecule has 0 radical (unpaired) electrons. The maximum atomic E-state index is 12.0. The second kappa shape index (κ2) is 5.38. The van der Waals surface area contributed by atoms with Gasteiger partial charge in [0.05, 0.1) is 11.1 Å². The average molecular weight is 297 g/mol. The highest BCUT2D eigenvalue weighted by molar-refractivity contribution is 7.16. The minimum atomic E-state index is -1.09. The number of aromatic carboxylic acids is 1. The lowest BCUT2D eigenvalue weighted by molar-refractivity contribution is 0.0698. The van der Waals surface area contributed by atoms with Gasteiger partial charge < -0.3 is 10.4 Å². The molecule has 0 aliphatic heterocycles. The van der Waals surface area contributed by atoms with Crippen molar-refractivity contribution in [3.63, 3.8) is 0 Å². The summed E-state index contributed by atoms with van der Waals surface area (Å²) >= 11 is 7.00. The van der Waals surface area contributed by atoms with Gasteiger partial charge in [-0.25, -0.2) is 9.78 Å². The highest BCUT2D eigenvalue weighted by atomic mass is 35.5. The number of halogens is 1. The zero-order valence-corrected chi connectivity index (χ0v) is 11.4. The highest BCUT2D eigenvalue weighted by Gasteiger charge is 2.18. The lowest BCUT2D eigenvalue weighted by atomic mass is 10.2. The van der Waals surface area contributed by atoms with Crippen molar-refractivity contribution in [2.45, 2.75) is 6.92 Å². The SMILES string of the molecule is Cc1cc(C(=O)O)c(NC(=O)c2cccnc2Cl)s1. The van der Waals surface area contributed by atoms with E-state index in [4.69, 9.17) is 16.7 Å². The summed E-state index contributed by atoms with van der Waals surface area (Å²) in [5, 5.41) is 11.9. The molecular formula is C12H9ClN2O3S. The van der Waals surface area contributed by atoms with Crippen molar-refractivity contribution >= 4 is 39.8 Å². The number of pyridine rings is 1. The Morgan fingerprint density at radius 1 is 1.42 bits per heavy atom. The van der Waals surface area contributed by atoms with Crippen molar-refractivity contribution in [1.82, 2.24) is 4.98 Å². The van der Waals surface area contributed by atoms with Crippen LogP contribution in [0.15, 0.2) is 24.4 Å². The third-order valence-electron chi connectivity index (χ3n) is 2.32. The molecule has 19 heavy (non-hydrogen) atoms. The monoisotopic (exact) mass is 296 g/mol. The molecule has 98 valence electrons. The first-order valence-electron chi connectivity index (χ1n) is 5.24. The third kappa shape index (κ3) is 2.91. The summed E-state index contributed by atoms with van der Waals surface area (Å²) < 4.78 is 0. The average Bonchev–Trinajstić information content (AvgIpc) is 2.70. The molecule has 2 N–H and O–H groups in total. The van der Waals surface area contributed by atoms with Gasteiger partial charge in [0.25, 0.3) is 5.91 Å². The van der Waals surface area contributed by atoms with E-state index in [9.17, 15) is 9.59 Å². The summed E-state index contributed by atoms with van der Waals surface area (Å²) in [6.45, 7) is 1.77. The van der Waals surface area contributed by atoms with E-state index >= 15 is 0 Å². The molecule has 0 saturated heterocycles. The fraction of sp³-hybridized carbons (Fsp3) is 0.0833. The molecule has 2 rings (SSSR count). The van der Waals surface area contributed by atoms with Crippen LogP contribution in [-0.4, -0.2) is 22.0 Å². The van der Waals surface area contributed by atoms with Crippen LogP contribution < -0.4 is 5.32 Å². The first-order chi connectivity index (χ1) is 8.99. The van der Waals surface area contributed by atoms with Crippen LogP contribution >= 0.6 is 22.9 Å². The van der Waals surface area contributed by atoms with Crippen molar-refractivity contribution in [3.05, 3.63) is 45.6 Å². The quantitative estimate of drug-likeness (QED) is 0.853. The number of hydrogen-bond acceptors (Lipinski definition) is 4. The Morgan fingerprint density at radius 3 is 2.79 bits per heavy atom. The zero-order chi connectivity index (χ0) is 14.0. The van der Waals surface area contributed by atoms with Crippen molar-refractivity contribution in [2.75, 3.05) is 5.32 Å². The smallest absolute Gasteiger partial charge is 0.338 e. The summed E-state index contributed by atoms with van der Waals surface area (Å²) in [6, 6.07) is 4.61. The molecule has 0 aliphatic rings. The molecular weight excluding hydrogens is 288 g/mol. The number of hydrogen-bond donors (Lipinski definition) is 2. The number of carboxylic acid groups (broad SMARTS) is 1. The summed E-state index contributed by atoms with van der Waals surface area (Å²) in [5.74, 6) is -1.57. The molecule has 5 nitrogen and oxygen atoms in total. The molecule has 0 fully saturated rings. The molecule has 0 aromatic carbocycles. The van der Waals surface area contributed by atoms with Crippen LogP contribution in [0.2, 0.25) is 5.15 Å². The molecule has 0 spiro atoms. The molecule has 2 aromatic heterocycles. The van der Waals surface area contributed by atoms with Gasteiger partial charge in [-0.3, -0.25) is 4.79 Å². The number of thiophene rings is 1. The van der Waals surface area contributed by atoms with Gasteiger partial charge in [0.1, 0.15) is 10.2 Å². The number of anilines is 1. The summed E-state index contributed by atoms with van der Waals surface area (Å²) in [6.07, 6.45) is 1.47. The van der Waals surface area contributed by atoms with E-state index in [0.717, 1.165) is 4.88 Å². The van der Waals surface area contributed by atoms with Crippen molar-refractivity contribution in [2.24, 2.45) is 0 Å². The maximum absolute atomic E-state index is 12.0. The Hall–Kier alpha value is -1.92. The van der Waals surface area contributed by atoms with Crippen molar-refractivity contribution < 1.29 is 14.7 Å². The van der Waals surface area contributed by atoms with E-state index in [-0.39, 0.29) is 21.3 Å². The zero-order valence-electron chi connectivity index (χ0n) is 9.81. The predicted molar refractivity (Wildman–Crippen MR) is 73.2 cm³/mol. The number of rotatable bonds is 3. The lowest BCUT2D eigenvalue weighted by Gasteiger charge is -2.05. The van der Waals surface area contributed by atoms with Crippen molar-refractivity contribution in [1.29, 1.82) is 0 Å². The van der Waals surface area contributed by atoms with Crippen LogP contribution in [0.5, 0.6) is 0 Å². The molecule has 0 bridgehead atoms. The Balaban J connectivity index is 2.29. The van der Waals surface area contributed by atoms with Crippen LogP contribution in [0.1, 0.15) is 25.6 Å². The van der Waals surface area contributed by atoms with Crippen LogP contribution in [-0.2, 0) is 0 Å².